The van der Waals surface area contributed by atoms with Crippen LogP contribution >= 0.6 is 0 Å². The Labute approximate surface area is 138 Å². The molecule has 0 spiro atoms. The van der Waals surface area contributed by atoms with E-state index in [1.165, 1.54) is 19.3 Å². The lowest BCUT2D eigenvalue weighted by Crippen LogP contribution is -2.51. The van der Waals surface area contributed by atoms with Gasteiger partial charge < -0.3 is 4.90 Å². The molecule has 126 valence electrons. The summed E-state index contributed by atoms with van der Waals surface area (Å²) in [5, 5.41) is 0. The predicted molar refractivity (Wildman–Crippen MR) is 92.0 cm³/mol. The van der Waals surface area contributed by atoms with Crippen LogP contribution in [0.2, 0.25) is 0 Å². The summed E-state index contributed by atoms with van der Waals surface area (Å²) < 4.78 is 28.0. The van der Waals surface area contributed by atoms with Crippen molar-refractivity contribution in [3.05, 3.63) is 29.8 Å². The van der Waals surface area contributed by atoms with Crippen LogP contribution in [0.3, 0.4) is 0 Å². The van der Waals surface area contributed by atoms with E-state index in [4.69, 9.17) is 0 Å². The second-order valence-corrected chi connectivity index (χ2v) is 8.15. The third-order valence-corrected chi connectivity index (χ3v) is 6.01. The fourth-order valence-corrected chi connectivity index (χ4v) is 4.39. The smallest absolute Gasteiger partial charge is 0.264 e. The highest BCUT2D eigenvalue weighted by Gasteiger charge is 2.28. The van der Waals surface area contributed by atoms with Crippen molar-refractivity contribution in [1.82, 2.24) is 9.62 Å². The van der Waals surface area contributed by atoms with Gasteiger partial charge in [-0.25, -0.2) is 13.1 Å². The quantitative estimate of drug-likeness (QED) is 0.924. The van der Waals surface area contributed by atoms with Crippen molar-refractivity contribution in [3.8, 4) is 0 Å². The van der Waals surface area contributed by atoms with Gasteiger partial charge in [-0.2, -0.15) is 0 Å². The van der Waals surface area contributed by atoms with Crippen molar-refractivity contribution < 1.29 is 8.42 Å². The number of nitrogens with zero attached hydrogens (tertiary/aromatic N) is 2. The predicted octanol–water partition coefficient (Wildman–Crippen LogP) is 2.67. The Bertz CT molecular complexity index is 662. The average Bonchev–Trinajstić information content (AvgIpc) is 2.56. The first-order valence-electron chi connectivity index (χ1n) is 8.47. The van der Waals surface area contributed by atoms with Gasteiger partial charge in [-0.05, 0) is 38.3 Å². The Morgan fingerprint density at radius 1 is 1.09 bits per heavy atom. The normalized spacial score (nSPS) is 20.2. The van der Waals surface area contributed by atoms with E-state index in [1.807, 2.05) is 19.1 Å². The monoisotopic (exact) mass is 335 g/mol. The molecule has 1 fully saturated rings. The Kier molecular flexibility index (Phi) is 4.90. The highest BCUT2D eigenvalue weighted by Crippen LogP contribution is 2.24. The van der Waals surface area contributed by atoms with Gasteiger partial charge in [0.1, 0.15) is 0 Å². The molecule has 1 aliphatic carbocycles. The van der Waals surface area contributed by atoms with Gasteiger partial charge in [0.25, 0.3) is 10.0 Å². The molecule has 1 aliphatic heterocycles. The van der Waals surface area contributed by atoms with Crippen LogP contribution < -0.4 is 4.72 Å². The number of sulfonamides is 1. The van der Waals surface area contributed by atoms with E-state index in [2.05, 4.69) is 14.6 Å². The lowest BCUT2D eigenvalue weighted by Gasteiger charge is -2.38. The van der Waals surface area contributed by atoms with Crippen LogP contribution in [0.25, 0.3) is 0 Å². The Hall–Kier alpha value is -1.56. The summed E-state index contributed by atoms with van der Waals surface area (Å²) in [5.74, 6) is 0.531. The maximum absolute atomic E-state index is 12.6. The van der Waals surface area contributed by atoms with Gasteiger partial charge in [0.2, 0.25) is 5.96 Å². The minimum Gasteiger partial charge on any atom is -0.339 e. The second-order valence-electron chi connectivity index (χ2n) is 6.46. The Balaban J connectivity index is 1.78. The molecule has 1 aromatic rings. The van der Waals surface area contributed by atoms with Gasteiger partial charge in [-0.15, -0.1) is 0 Å². The van der Waals surface area contributed by atoms with Gasteiger partial charge in [0.15, 0.2) is 0 Å². The van der Waals surface area contributed by atoms with Crippen LogP contribution in [0, 0.1) is 6.92 Å². The number of benzene rings is 1. The average molecular weight is 335 g/mol. The van der Waals surface area contributed by atoms with Gasteiger partial charge in [-0.1, -0.05) is 37.0 Å². The molecule has 0 aromatic heterocycles. The van der Waals surface area contributed by atoms with Crippen molar-refractivity contribution in [2.45, 2.75) is 56.4 Å². The standard InChI is InChI=1S/C17H25N3O2S/c1-14-8-10-16(11-9-14)23(21,22)19-17-18-12-5-13-20(17)15-6-3-2-4-7-15/h8-11,15H,2-7,12-13H2,1H3,(H,18,19). The van der Waals surface area contributed by atoms with Crippen LogP contribution in [-0.2, 0) is 10.0 Å². The van der Waals surface area contributed by atoms with E-state index in [0.717, 1.165) is 31.4 Å². The number of hydrogen-bond donors (Lipinski definition) is 1. The second kappa shape index (κ2) is 6.91. The molecular formula is C17H25N3O2S. The summed E-state index contributed by atoms with van der Waals surface area (Å²) in [7, 11) is -3.57. The molecule has 6 heteroatoms. The lowest BCUT2D eigenvalue weighted by atomic mass is 9.94. The largest absolute Gasteiger partial charge is 0.339 e. The maximum atomic E-state index is 12.6. The maximum Gasteiger partial charge on any atom is 0.264 e. The first-order valence-corrected chi connectivity index (χ1v) is 9.95. The molecule has 0 saturated heterocycles. The zero-order chi connectivity index (χ0) is 16.3. The van der Waals surface area contributed by atoms with Gasteiger partial charge in [0.05, 0.1) is 4.90 Å². The van der Waals surface area contributed by atoms with Crippen LogP contribution in [-0.4, -0.2) is 38.4 Å². The Morgan fingerprint density at radius 2 is 1.78 bits per heavy atom. The topological polar surface area (TPSA) is 61.8 Å². The summed E-state index contributed by atoms with van der Waals surface area (Å²) in [6.07, 6.45) is 6.98. The summed E-state index contributed by atoms with van der Waals surface area (Å²) in [6, 6.07) is 7.34. The molecule has 23 heavy (non-hydrogen) atoms. The van der Waals surface area contributed by atoms with E-state index in [0.29, 0.717) is 23.4 Å². The number of hydrogen-bond acceptors (Lipinski definition) is 4. The van der Waals surface area contributed by atoms with Crippen LogP contribution in [0.15, 0.2) is 34.2 Å². The third kappa shape index (κ3) is 3.86. The first kappa shape index (κ1) is 16.3. The number of aryl methyl sites for hydroxylation is 1. The molecular weight excluding hydrogens is 310 g/mol. The van der Waals surface area contributed by atoms with Crippen LogP contribution in [0.1, 0.15) is 44.1 Å². The molecule has 1 heterocycles. The third-order valence-electron chi connectivity index (χ3n) is 4.66. The van der Waals surface area contributed by atoms with E-state index in [9.17, 15) is 8.42 Å². The molecule has 1 saturated carbocycles. The van der Waals surface area contributed by atoms with E-state index < -0.39 is 10.0 Å². The molecule has 3 rings (SSSR count). The summed E-state index contributed by atoms with van der Waals surface area (Å²) >= 11 is 0. The van der Waals surface area contributed by atoms with Crippen LogP contribution in [0.4, 0.5) is 0 Å². The number of guanidine groups is 1. The molecule has 2 aliphatic rings. The highest BCUT2D eigenvalue weighted by molar-refractivity contribution is 7.90. The van der Waals surface area contributed by atoms with Crippen molar-refractivity contribution in [2.75, 3.05) is 13.1 Å². The van der Waals surface area contributed by atoms with E-state index in [-0.39, 0.29) is 0 Å². The molecule has 0 unspecified atom stereocenters. The van der Waals surface area contributed by atoms with Crippen molar-refractivity contribution in [2.24, 2.45) is 4.99 Å². The number of aliphatic imine (C=N–C) groups is 1. The molecule has 5 nitrogen and oxygen atoms in total. The number of rotatable bonds is 3. The van der Waals surface area contributed by atoms with Gasteiger partial charge in [-0.3, -0.25) is 4.99 Å². The van der Waals surface area contributed by atoms with Crippen LogP contribution in [0.5, 0.6) is 0 Å². The molecule has 0 amide bonds. The van der Waals surface area contributed by atoms with E-state index >= 15 is 0 Å². The SMILES string of the molecule is Cc1ccc(S(=O)(=O)NC2=NCCCN2C2CCCCC2)cc1. The molecule has 0 radical (unpaired) electrons. The zero-order valence-corrected chi connectivity index (χ0v) is 14.5. The minimum absolute atomic E-state index is 0.292. The fourth-order valence-electron chi connectivity index (χ4n) is 3.36. The van der Waals surface area contributed by atoms with Gasteiger partial charge in [0, 0.05) is 19.1 Å². The van der Waals surface area contributed by atoms with E-state index in [1.54, 1.807) is 12.1 Å². The molecule has 1 aromatic carbocycles. The summed E-state index contributed by atoms with van der Waals surface area (Å²) in [6.45, 7) is 3.52. The highest BCUT2D eigenvalue weighted by atomic mass is 32.2. The summed E-state index contributed by atoms with van der Waals surface area (Å²) in [4.78, 5) is 6.93. The molecule has 0 bridgehead atoms. The zero-order valence-electron chi connectivity index (χ0n) is 13.7. The van der Waals surface area contributed by atoms with Crippen molar-refractivity contribution >= 4 is 16.0 Å². The Morgan fingerprint density at radius 3 is 2.48 bits per heavy atom. The summed E-state index contributed by atoms with van der Waals surface area (Å²) in [5.41, 5.74) is 1.04. The minimum atomic E-state index is -3.57. The molecule has 1 N–H and O–H groups in total. The van der Waals surface area contributed by atoms with Gasteiger partial charge >= 0.3 is 0 Å². The lowest BCUT2D eigenvalue weighted by molar-refractivity contribution is 0.231. The molecule has 0 atom stereocenters. The first-order chi connectivity index (χ1) is 11.1. The van der Waals surface area contributed by atoms with Crippen molar-refractivity contribution in [1.29, 1.82) is 0 Å². The number of nitrogens with one attached hydrogen (secondary N) is 1. The fraction of sp³-hybridized carbons (Fsp3) is 0.588. The van der Waals surface area contributed by atoms with Crippen molar-refractivity contribution in [3.63, 3.8) is 0 Å².